The summed E-state index contributed by atoms with van der Waals surface area (Å²) in [7, 11) is 0. The van der Waals surface area contributed by atoms with Crippen LogP contribution in [0.25, 0.3) is 0 Å². The van der Waals surface area contributed by atoms with Crippen LogP contribution in [0.5, 0.6) is 5.75 Å². The molecule has 0 unspecified atom stereocenters. The van der Waals surface area contributed by atoms with Crippen LogP contribution in [0.4, 0.5) is 16.2 Å². The van der Waals surface area contributed by atoms with E-state index in [0.717, 1.165) is 0 Å². The lowest BCUT2D eigenvalue weighted by molar-refractivity contribution is 0.0507. The molecular weight excluding hydrogens is 502 g/mol. The quantitative estimate of drug-likeness (QED) is 0.257. The molecule has 0 spiro atoms. The summed E-state index contributed by atoms with van der Waals surface area (Å²) in [6.07, 6.45) is -0.833. The van der Waals surface area contributed by atoms with Gasteiger partial charge >= 0.3 is 6.16 Å². The summed E-state index contributed by atoms with van der Waals surface area (Å²) < 4.78 is 9.70. The summed E-state index contributed by atoms with van der Waals surface area (Å²) in [5, 5.41) is 5.49. The minimum atomic E-state index is -0.833. The summed E-state index contributed by atoms with van der Waals surface area (Å²) in [6.45, 7) is 7.15. The van der Waals surface area contributed by atoms with Gasteiger partial charge in [-0.25, -0.2) is 4.79 Å². The molecule has 2 N–H and O–H groups in total. The van der Waals surface area contributed by atoms with E-state index >= 15 is 0 Å². The topological polar surface area (TPSA) is 131 Å². The Labute approximate surface area is 224 Å². The number of hydrogen-bond donors (Lipinski definition) is 2. The maximum absolute atomic E-state index is 12.9. The Hall–Kier alpha value is -4.99. The predicted molar refractivity (Wildman–Crippen MR) is 143 cm³/mol. The van der Waals surface area contributed by atoms with Crippen molar-refractivity contribution in [2.24, 2.45) is 0 Å². The van der Waals surface area contributed by atoms with Crippen LogP contribution >= 0.6 is 0 Å². The van der Waals surface area contributed by atoms with Crippen LogP contribution in [0.1, 0.15) is 69.1 Å². The van der Waals surface area contributed by atoms with Gasteiger partial charge in [0.05, 0.1) is 17.7 Å². The summed E-state index contributed by atoms with van der Waals surface area (Å²) in [5.41, 5.74) is 1.13. The van der Waals surface area contributed by atoms with E-state index in [1.54, 1.807) is 52.0 Å². The van der Waals surface area contributed by atoms with Crippen molar-refractivity contribution in [3.8, 4) is 5.75 Å². The molecule has 0 atom stereocenters. The first-order valence-corrected chi connectivity index (χ1v) is 12.2. The number of ether oxygens (including phenoxy) is 2. The SMILES string of the molecule is CCOC(=O)Oc1ccc(C(=O)Nc2cccc(NC(=O)c3ccc4c(c3)C(=O)N(C(C)(C)C)C4=O)c2)cc1. The number of carbonyl (C=O) groups excluding carboxylic acids is 5. The molecule has 0 aromatic heterocycles. The number of fused-ring (bicyclic) bond motifs is 1. The number of benzene rings is 3. The molecule has 39 heavy (non-hydrogen) atoms. The Morgan fingerprint density at radius 1 is 0.769 bits per heavy atom. The molecule has 0 aliphatic carbocycles. The molecule has 1 heterocycles. The van der Waals surface area contributed by atoms with E-state index in [1.807, 2.05) is 0 Å². The van der Waals surface area contributed by atoms with Gasteiger partial charge < -0.3 is 20.1 Å². The highest BCUT2D eigenvalue weighted by atomic mass is 16.7. The molecule has 10 nitrogen and oxygen atoms in total. The van der Waals surface area contributed by atoms with Gasteiger partial charge in [-0.3, -0.25) is 24.1 Å². The second kappa shape index (κ2) is 10.8. The second-order valence-electron chi connectivity index (χ2n) is 9.68. The molecule has 200 valence electrons. The van der Waals surface area contributed by atoms with E-state index in [9.17, 15) is 24.0 Å². The van der Waals surface area contributed by atoms with Crippen LogP contribution in [-0.2, 0) is 4.74 Å². The summed E-state index contributed by atoms with van der Waals surface area (Å²) >= 11 is 0. The van der Waals surface area contributed by atoms with Crippen molar-refractivity contribution in [2.75, 3.05) is 17.2 Å². The molecule has 0 bridgehead atoms. The van der Waals surface area contributed by atoms with Crippen molar-refractivity contribution >= 4 is 41.2 Å². The summed E-state index contributed by atoms with van der Waals surface area (Å²) in [5.74, 6) is -1.49. The standard InChI is InChI=1S/C29H27N3O7/c1-5-38-28(37)39-21-12-9-17(10-13-21)24(33)30-19-7-6-8-20(16-19)31-25(34)18-11-14-22-23(15-18)27(36)32(26(22)35)29(2,3)4/h6-16H,5H2,1-4H3,(H,30,33)(H,31,34). The zero-order chi connectivity index (χ0) is 28.3. The number of nitrogens with one attached hydrogen (secondary N) is 2. The number of anilines is 2. The number of amides is 4. The summed E-state index contributed by atoms with van der Waals surface area (Å²) in [6, 6.07) is 16.9. The lowest BCUT2D eigenvalue weighted by atomic mass is 10.1. The molecule has 4 rings (SSSR count). The molecule has 4 amide bonds. The van der Waals surface area contributed by atoms with E-state index in [2.05, 4.69) is 10.6 Å². The van der Waals surface area contributed by atoms with Gasteiger partial charge in [-0.1, -0.05) is 6.07 Å². The molecule has 0 radical (unpaired) electrons. The first-order chi connectivity index (χ1) is 18.5. The minimum absolute atomic E-state index is 0.183. The number of carbonyl (C=O) groups is 5. The van der Waals surface area contributed by atoms with Crippen molar-refractivity contribution in [3.63, 3.8) is 0 Å². The van der Waals surface area contributed by atoms with Gasteiger partial charge in [-0.2, -0.15) is 0 Å². The number of imide groups is 1. The average Bonchev–Trinajstić information content (AvgIpc) is 3.14. The van der Waals surface area contributed by atoms with Crippen molar-refractivity contribution in [1.82, 2.24) is 4.90 Å². The second-order valence-corrected chi connectivity index (χ2v) is 9.68. The zero-order valence-corrected chi connectivity index (χ0v) is 21.9. The largest absolute Gasteiger partial charge is 0.513 e. The lowest BCUT2D eigenvalue weighted by Gasteiger charge is -2.29. The van der Waals surface area contributed by atoms with Crippen LogP contribution in [0.15, 0.2) is 66.7 Å². The molecule has 3 aromatic rings. The molecule has 10 heteroatoms. The fourth-order valence-electron chi connectivity index (χ4n) is 3.99. The Bertz CT molecular complexity index is 1470. The molecule has 0 saturated heterocycles. The van der Waals surface area contributed by atoms with E-state index in [0.29, 0.717) is 16.9 Å². The van der Waals surface area contributed by atoms with Crippen LogP contribution in [-0.4, -0.2) is 46.8 Å². The van der Waals surface area contributed by atoms with Crippen LogP contribution in [0, 0.1) is 0 Å². The van der Waals surface area contributed by atoms with Gasteiger partial charge in [-0.05, 0) is 88.4 Å². The molecule has 0 saturated carbocycles. The number of hydrogen-bond acceptors (Lipinski definition) is 7. The van der Waals surface area contributed by atoms with E-state index < -0.39 is 29.4 Å². The highest BCUT2D eigenvalue weighted by Gasteiger charge is 2.42. The van der Waals surface area contributed by atoms with Gasteiger partial charge in [0.25, 0.3) is 23.6 Å². The van der Waals surface area contributed by atoms with Gasteiger partial charge in [0.2, 0.25) is 0 Å². The Balaban J connectivity index is 1.42. The fraction of sp³-hybridized carbons (Fsp3) is 0.207. The maximum Gasteiger partial charge on any atom is 0.513 e. The van der Waals surface area contributed by atoms with Gasteiger partial charge in [0.15, 0.2) is 0 Å². The van der Waals surface area contributed by atoms with Crippen LogP contribution in [0.2, 0.25) is 0 Å². The molecule has 3 aromatic carbocycles. The molecular formula is C29H27N3O7. The minimum Gasteiger partial charge on any atom is -0.434 e. The first kappa shape index (κ1) is 27.1. The van der Waals surface area contributed by atoms with E-state index in [4.69, 9.17) is 9.47 Å². The zero-order valence-electron chi connectivity index (χ0n) is 21.9. The van der Waals surface area contributed by atoms with Crippen molar-refractivity contribution in [2.45, 2.75) is 33.2 Å². The Morgan fingerprint density at radius 2 is 1.33 bits per heavy atom. The third kappa shape index (κ3) is 5.96. The highest BCUT2D eigenvalue weighted by Crippen LogP contribution is 2.30. The monoisotopic (exact) mass is 529 g/mol. The predicted octanol–water partition coefficient (Wildman–Crippen LogP) is 5.12. The third-order valence-corrected chi connectivity index (χ3v) is 5.78. The van der Waals surface area contributed by atoms with E-state index in [-0.39, 0.29) is 35.0 Å². The highest BCUT2D eigenvalue weighted by molar-refractivity contribution is 6.22. The molecule has 1 aliphatic rings. The number of rotatable bonds is 6. The molecule has 1 aliphatic heterocycles. The van der Waals surface area contributed by atoms with Gasteiger partial charge in [-0.15, -0.1) is 0 Å². The molecule has 0 fully saturated rings. The van der Waals surface area contributed by atoms with Crippen molar-refractivity contribution < 1.29 is 33.4 Å². The smallest absolute Gasteiger partial charge is 0.434 e. The lowest BCUT2D eigenvalue weighted by Crippen LogP contribution is -2.45. The van der Waals surface area contributed by atoms with Crippen LogP contribution in [0.3, 0.4) is 0 Å². The van der Waals surface area contributed by atoms with Crippen molar-refractivity contribution in [3.05, 3.63) is 89.0 Å². The van der Waals surface area contributed by atoms with Crippen molar-refractivity contribution in [1.29, 1.82) is 0 Å². The Kier molecular flexibility index (Phi) is 7.48. The van der Waals surface area contributed by atoms with Crippen LogP contribution < -0.4 is 15.4 Å². The average molecular weight is 530 g/mol. The first-order valence-electron chi connectivity index (χ1n) is 12.2. The maximum atomic E-state index is 12.9. The van der Waals surface area contributed by atoms with Gasteiger partial charge in [0, 0.05) is 28.0 Å². The third-order valence-electron chi connectivity index (χ3n) is 5.78. The Morgan fingerprint density at radius 3 is 1.92 bits per heavy atom. The number of nitrogens with zero attached hydrogens (tertiary/aromatic N) is 1. The van der Waals surface area contributed by atoms with E-state index in [1.165, 1.54) is 47.4 Å². The fourth-order valence-corrected chi connectivity index (χ4v) is 3.99. The normalized spacial score (nSPS) is 12.6. The summed E-state index contributed by atoms with van der Waals surface area (Å²) in [4.78, 5) is 63.7. The van der Waals surface area contributed by atoms with Gasteiger partial charge in [0.1, 0.15) is 5.75 Å².